The molecule has 2 aromatic carbocycles. The van der Waals surface area contributed by atoms with Crippen LogP contribution in [0.4, 0.5) is 5.69 Å². The summed E-state index contributed by atoms with van der Waals surface area (Å²) >= 11 is 3.31. The SMILES string of the molecule is O=C(CNC(=O)c1cccc(Br)c1)Nc1cccc2cn[nH]c12. The Bertz CT molecular complexity index is 875. The molecule has 3 aromatic rings. The maximum atomic E-state index is 12.0. The monoisotopic (exact) mass is 372 g/mol. The third-order valence-electron chi connectivity index (χ3n) is 3.25. The van der Waals surface area contributed by atoms with Crippen LogP contribution in [0.2, 0.25) is 0 Å². The zero-order valence-electron chi connectivity index (χ0n) is 12.0. The van der Waals surface area contributed by atoms with E-state index >= 15 is 0 Å². The Hall–Kier alpha value is -2.67. The van der Waals surface area contributed by atoms with Crippen LogP contribution in [0.25, 0.3) is 10.9 Å². The van der Waals surface area contributed by atoms with Gasteiger partial charge in [0, 0.05) is 15.4 Å². The summed E-state index contributed by atoms with van der Waals surface area (Å²) in [5.41, 5.74) is 1.86. The van der Waals surface area contributed by atoms with Crippen LogP contribution in [-0.4, -0.2) is 28.6 Å². The van der Waals surface area contributed by atoms with Gasteiger partial charge in [-0.2, -0.15) is 5.10 Å². The molecule has 1 heterocycles. The molecule has 0 saturated heterocycles. The van der Waals surface area contributed by atoms with E-state index in [9.17, 15) is 9.59 Å². The van der Waals surface area contributed by atoms with Gasteiger partial charge in [0.15, 0.2) is 0 Å². The number of fused-ring (bicyclic) bond motifs is 1. The quantitative estimate of drug-likeness (QED) is 0.657. The lowest BCUT2D eigenvalue weighted by Gasteiger charge is -2.08. The summed E-state index contributed by atoms with van der Waals surface area (Å²) in [6.07, 6.45) is 1.68. The highest BCUT2D eigenvalue weighted by atomic mass is 79.9. The molecule has 3 rings (SSSR count). The second kappa shape index (κ2) is 6.62. The molecule has 0 unspecified atom stereocenters. The van der Waals surface area contributed by atoms with Crippen LogP contribution in [-0.2, 0) is 4.79 Å². The summed E-state index contributed by atoms with van der Waals surface area (Å²) in [6, 6.07) is 12.5. The topological polar surface area (TPSA) is 86.9 Å². The number of hydrogen-bond donors (Lipinski definition) is 3. The Labute approximate surface area is 140 Å². The van der Waals surface area contributed by atoms with Crippen molar-refractivity contribution in [2.75, 3.05) is 11.9 Å². The molecule has 116 valence electrons. The molecule has 0 fully saturated rings. The summed E-state index contributed by atoms with van der Waals surface area (Å²) in [4.78, 5) is 24.0. The van der Waals surface area contributed by atoms with Crippen LogP contribution >= 0.6 is 15.9 Å². The molecule has 0 aliphatic rings. The van der Waals surface area contributed by atoms with E-state index < -0.39 is 0 Å². The minimum absolute atomic E-state index is 0.115. The number of benzene rings is 2. The summed E-state index contributed by atoms with van der Waals surface area (Å²) in [6.45, 7) is -0.115. The standard InChI is InChI=1S/C16H13BrN4O2/c17-12-5-1-3-10(7-12)16(23)18-9-14(22)20-13-6-2-4-11-8-19-21-15(11)13/h1-8H,9H2,(H,18,23)(H,19,21)(H,20,22). The number of aromatic nitrogens is 2. The first-order valence-corrected chi connectivity index (χ1v) is 7.68. The van der Waals surface area contributed by atoms with Gasteiger partial charge < -0.3 is 10.6 Å². The van der Waals surface area contributed by atoms with Gasteiger partial charge >= 0.3 is 0 Å². The molecule has 0 atom stereocenters. The molecule has 3 N–H and O–H groups in total. The predicted octanol–water partition coefficient (Wildman–Crippen LogP) is 2.69. The number of aromatic amines is 1. The van der Waals surface area contributed by atoms with Crippen molar-refractivity contribution in [2.45, 2.75) is 0 Å². The maximum Gasteiger partial charge on any atom is 0.251 e. The third-order valence-corrected chi connectivity index (χ3v) is 3.74. The fourth-order valence-corrected chi connectivity index (χ4v) is 2.56. The third kappa shape index (κ3) is 3.57. The largest absolute Gasteiger partial charge is 0.343 e. The Morgan fingerprint density at radius 1 is 1.17 bits per heavy atom. The van der Waals surface area contributed by atoms with Gasteiger partial charge in [0.05, 0.1) is 23.9 Å². The number of para-hydroxylation sites is 1. The lowest BCUT2D eigenvalue weighted by Crippen LogP contribution is -2.32. The molecule has 6 nitrogen and oxygen atoms in total. The molecule has 0 spiro atoms. The van der Waals surface area contributed by atoms with Crippen molar-refractivity contribution in [2.24, 2.45) is 0 Å². The van der Waals surface area contributed by atoms with Gasteiger partial charge in [-0.1, -0.05) is 34.1 Å². The number of halogens is 1. The van der Waals surface area contributed by atoms with Gasteiger partial charge in [0.2, 0.25) is 5.91 Å². The first kappa shape index (κ1) is 15.2. The van der Waals surface area contributed by atoms with E-state index in [0.717, 1.165) is 15.4 Å². The number of nitrogens with zero attached hydrogens (tertiary/aromatic N) is 1. The summed E-state index contributed by atoms with van der Waals surface area (Å²) in [5.74, 6) is -0.614. The van der Waals surface area contributed by atoms with Gasteiger partial charge in [-0.15, -0.1) is 0 Å². The average Bonchev–Trinajstić information content (AvgIpc) is 3.02. The molecule has 0 aliphatic carbocycles. The fourth-order valence-electron chi connectivity index (χ4n) is 2.16. The van der Waals surface area contributed by atoms with Gasteiger partial charge in [-0.25, -0.2) is 0 Å². The zero-order valence-corrected chi connectivity index (χ0v) is 13.6. The second-order valence-corrected chi connectivity index (χ2v) is 5.80. The van der Waals surface area contributed by atoms with Crippen LogP contribution < -0.4 is 10.6 Å². The smallest absolute Gasteiger partial charge is 0.251 e. The summed E-state index contributed by atoms with van der Waals surface area (Å²) in [7, 11) is 0. The van der Waals surface area contributed by atoms with E-state index in [1.807, 2.05) is 18.2 Å². The molecule has 0 bridgehead atoms. The van der Waals surface area contributed by atoms with E-state index in [4.69, 9.17) is 0 Å². The maximum absolute atomic E-state index is 12.0. The number of carbonyl (C=O) groups is 2. The first-order valence-electron chi connectivity index (χ1n) is 6.89. The molecule has 7 heteroatoms. The van der Waals surface area contributed by atoms with Crippen molar-refractivity contribution in [1.82, 2.24) is 15.5 Å². The zero-order chi connectivity index (χ0) is 16.2. The summed E-state index contributed by atoms with van der Waals surface area (Å²) in [5, 5.41) is 13.0. The minimum Gasteiger partial charge on any atom is -0.343 e. The highest BCUT2D eigenvalue weighted by molar-refractivity contribution is 9.10. The van der Waals surface area contributed by atoms with Gasteiger partial charge in [-0.05, 0) is 24.3 Å². The summed E-state index contributed by atoms with van der Waals surface area (Å²) < 4.78 is 0.806. The van der Waals surface area contributed by atoms with E-state index in [1.165, 1.54) is 0 Å². The number of anilines is 1. The van der Waals surface area contributed by atoms with Crippen LogP contribution in [0.15, 0.2) is 53.1 Å². The van der Waals surface area contributed by atoms with E-state index in [0.29, 0.717) is 11.3 Å². The highest BCUT2D eigenvalue weighted by Crippen LogP contribution is 2.20. The van der Waals surface area contributed by atoms with Gasteiger partial charge in [-0.3, -0.25) is 14.7 Å². The Kier molecular flexibility index (Phi) is 4.38. The number of carbonyl (C=O) groups excluding carboxylic acids is 2. The van der Waals surface area contributed by atoms with Crippen molar-refractivity contribution in [1.29, 1.82) is 0 Å². The second-order valence-electron chi connectivity index (χ2n) is 4.88. The number of H-pyrrole nitrogens is 1. The molecular weight excluding hydrogens is 360 g/mol. The number of amides is 2. The lowest BCUT2D eigenvalue weighted by molar-refractivity contribution is -0.115. The van der Waals surface area contributed by atoms with Gasteiger partial charge in [0.25, 0.3) is 5.91 Å². The van der Waals surface area contributed by atoms with E-state index in [-0.39, 0.29) is 18.4 Å². The van der Waals surface area contributed by atoms with Crippen molar-refractivity contribution in [3.05, 3.63) is 58.7 Å². The average molecular weight is 373 g/mol. The van der Waals surface area contributed by atoms with Crippen molar-refractivity contribution < 1.29 is 9.59 Å². The van der Waals surface area contributed by atoms with Crippen molar-refractivity contribution >= 4 is 44.3 Å². The van der Waals surface area contributed by atoms with E-state index in [2.05, 4.69) is 36.8 Å². The molecule has 23 heavy (non-hydrogen) atoms. The normalized spacial score (nSPS) is 10.5. The van der Waals surface area contributed by atoms with Crippen LogP contribution in [0.3, 0.4) is 0 Å². The molecule has 2 amide bonds. The lowest BCUT2D eigenvalue weighted by atomic mass is 10.2. The first-order chi connectivity index (χ1) is 11.1. The molecule has 0 aliphatic heterocycles. The Morgan fingerprint density at radius 3 is 2.83 bits per heavy atom. The Balaban J connectivity index is 1.62. The fraction of sp³-hybridized carbons (Fsp3) is 0.0625. The molecule has 0 saturated carbocycles. The molecule has 1 aromatic heterocycles. The van der Waals surface area contributed by atoms with E-state index in [1.54, 1.807) is 30.5 Å². The number of hydrogen-bond acceptors (Lipinski definition) is 3. The highest BCUT2D eigenvalue weighted by Gasteiger charge is 2.10. The molecular formula is C16H13BrN4O2. The van der Waals surface area contributed by atoms with Gasteiger partial charge in [0.1, 0.15) is 0 Å². The van der Waals surface area contributed by atoms with Crippen LogP contribution in [0, 0.1) is 0 Å². The Morgan fingerprint density at radius 2 is 2.00 bits per heavy atom. The number of nitrogens with one attached hydrogen (secondary N) is 3. The minimum atomic E-state index is -0.310. The van der Waals surface area contributed by atoms with Crippen molar-refractivity contribution in [3.63, 3.8) is 0 Å². The van der Waals surface area contributed by atoms with Crippen molar-refractivity contribution in [3.8, 4) is 0 Å². The number of rotatable bonds is 4. The molecule has 0 radical (unpaired) electrons. The van der Waals surface area contributed by atoms with Crippen LogP contribution in [0.5, 0.6) is 0 Å². The van der Waals surface area contributed by atoms with Crippen LogP contribution in [0.1, 0.15) is 10.4 Å². The predicted molar refractivity (Wildman–Crippen MR) is 91.2 cm³/mol.